The van der Waals surface area contributed by atoms with E-state index in [1.54, 1.807) is 12.3 Å². The molecule has 1 aromatic rings. The molecule has 4 nitrogen and oxygen atoms in total. The monoisotopic (exact) mass is 220 g/mol. The number of amides is 1. The summed E-state index contributed by atoms with van der Waals surface area (Å²) in [6.45, 7) is 3.79. The van der Waals surface area contributed by atoms with Crippen molar-refractivity contribution in [1.29, 1.82) is 0 Å². The third-order valence-corrected chi connectivity index (χ3v) is 2.69. The Morgan fingerprint density at radius 2 is 2.19 bits per heavy atom. The van der Waals surface area contributed by atoms with Crippen LogP contribution in [0.2, 0.25) is 0 Å². The second-order valence-corrected chi connectivity index (χ2v) is 4.05. The molecule has 0 radical (unpaired) electrons. The molecule has 86 valence electrons. The predicted octanol–water partition coefficient (Wildman–Crippen LogP) is 1.39. The van der Waals surface area contributed by atoms with E-state index < -0.39 is 0 Å². The number of hydrogen-bond donors (Lipinski definition) is 0. The van der Waals surface area contributed by atoms with Gasteiger partial charge in [-0.2, -0.15) is 0 Å². The fourth-order valence-electron chi connectivity index (χ4n) is 1.73. The van der Waals surface area contributed by atoms with Crippen molar-refractivity contribution in [1.82, 2.24) is 9.88 Å². The Kier molecular flexibility index (Phi) is 3.39. The van der Waals surface area contributed by atoms with Crippen LogP contribution in [0.3, 0.4) is 0 Å². The van der Waals surface area contributed by atoms with Crippen LogP contribution in [-0.2, 0) is 4.79 Å². The topological polar surface area (TPSA) is 42.4 Å². The number of carbonyl (C=O) groups excluding carboxylic acids is 1. The number of ether oxygens (including phenoxy) is 1. The first-order valence-electron chi connectivity index (χ1n) is 5.59. The molecule has 0 bridgehead atoms. The number of hydrogen-bond acceptors (Lipinski definition) is 3. The van der Waals surface area contributed by atoms with Gasteiger partial charge in [-0.3, -0.25) is 4.79 Å². The van der Waals surface area contributed by atoms with Gasteiger partial charge in [0.25, 0.3) is 5.91 Å². The average molecular weight is 220 g/mol. The van der Waals surface area contributed by atoms with E-state index in [1.807, 2.05) is 17.9 Å². The molecular weight excluding hydrogens is 204 g/mol. The molecule has 0 atom stereocenters. The molecule has 16 heavy (non-hydrogen) atoms. The van der Waals surface area contributed by atoms with E-state index in [9.17, 15) is 4.79 Å². The second-order valence-electron chi connectivity index (χ2n) is 4.05. The van der Waals surface area contributed by atoms with Crippen molar-refractivity contribution in [2.24, 2.45) is 0 Å². The van der Waals surface area contributed by atoms with Gasteiger partial charge in [0.1, 0.15) is 0 Å². The van der Waals surface area contributed by atoms with Gasteiger partial charge in [-0.05, 0) is 25.3 Å². The Morgan fingerprint density at radius 1 is 1.44 bits per heavy atom. The number of carbonyl (C=O) groups is 1. The molecule has 0 spiro atoms. The van der Waals surface area contributed by atoms with E-state index >= 15 is 0 Å². The molecule has 0 aliphatic carbocycles. The van der Waals surface area contributed by atoms with E-state index in [2.05, 4.69) is 4.98 Å². The molecule has 1 aliphatic heterocycles. The minimum absolute atomic E-state index is 0.0554. The standard InChI is InChI=1S/C12H16N2O2/c1-10-4-5-11(13-8-10)16-9-12(15)14-6-2-3-7-14/h4-5,8H,2-3,6-7,9H2,1H3. The second kappa shape index (κ2) is 4.96. The molecule has 0 aromatic carbocycles. The summed E-state index contributed by atoms with van der Waals surface area (Å²) in [4.78, 5) is 17.6. The third-order valence-electron chi connectivity index (χ3n) is 2.69. The normalized spacial score (nSPS) is 15.2. The molecule has 2 rings (SSSR count). The highest BCUT2D eigenvalue weighted by atomic mass is 16.5. The molecule has 1 saturated heterocycles. The summed E-state index contributed by atoms with van der Waals surface area (Å²) in [5.41, 5.74) is 1.08. The number of rotatable bonds is 3. The fraction of sp³-hybridized carbons (Fsp3) is 0.500. The largest absolute Gasteiger partial charge is 0.468 e. The van der Waals surface area contributed by atoms with E-state index in [0.717, 1.165) is 31.5 Å². The number of nitrogens with zero attached hydrogens (tertiary/aromatic N) is 2. The van der Waals surface area contributed by atoms with Crippen LogP contribution >= 0.6 is 0 Å². The smallest absolute Gasteiger partial charge is 0.260 e. The van der Waals surface area contributed by atoms with Gasteiger partial charge in [0, 0.05) is 25.4 Å². The molecule has 1 amide bonds. The van der Waals surface area contributed by atoms with Crippen molar-refractivity contribution in [2.45, 2.75) is 19.8 Å². The Bertz CT molecular complexity index is 356. The SMILES string of the molecule is Cc1ccc(OCC(=O)N2CCCC2)nc1. The quantitative estimate of drug-likeness (QED) is 0.773. The van der Waals surface area contributed by atoms with Crippen LogP contribution in [0, 0.1) is 6.92 Å². The van der Waals surface area contributed by atoms with Crippen molar-refractivity contribution >= 4 is 5.91 Å². The van der Waals surface area contributed by atoms with E-state index in [0.29, 0.717) is 5.88 Å². The molecule has 0 saturated carbocycles. The van der Waals surface area contributed by atoms with Crippen molar-refractivity contribution < 1.29 is 9.53 Å². The van der Waals surface area contributed by atoms with Crippen LogP contribution in [0.5, 0.6) is 5.88 Å². The fourth-order valence-corrected chi connectivity index (χ4v) is 1.73. The van der Waals surface area contributed by atoms with Crippen molar-refractivity contribution in [2.75, 3.05) is 19.7 Å². The summed E-state index contributed by atoms with van der Waals surface area (Å²) in [5, 5.41) is 0. The van der Waals surface area contributed by atoms with Gasteiger partial charge in [-0.1, -0.05) is 6.07 Å². The van der Waals surface area contributed by atoms with Gasteiger partial charge in [0.05, 0.1) is 0 Å². The lowest BCUT2D eigenvalue weighted by atomic mass is 10.3. The van der Waals surface area contributed by atoms with Crippen LogP contribution in [0.25, 0.3) is 0 Å². The Morgan fingerprint density at radius 3 is 2.81 bits per heavy atom. The zero-order chi connectivity index (χ0) is 11.4. The number of pyridine rings is 1. The maximum Gasteiger partial charge on any atom is 0.260 e. The third kappa shape index (κ3) is 2.72. The lowest BCUT2D eigenvalue weighted by Gasteiger charge is -2.15. The molecule has 0 unspecified atom stereocenters. The van der Waals surface area contributed by atoms with Gasteiger partial charge in [-0.25, -0.2) is 4.98 Å². The number of aryl methyl sites for hydroxylation is 1. The van der Waals surface area contributed by atoms with Crippen molar-refractivity contribution in [3.8, 4) is 5.88 Å². The minimum Gasteiger partial charge on any atom is -0.468 e. The van der Waals surface area contributed by atoms with E-state index in [-0.39, 0.29) is 12.5 Å². The first-order chi connectivity index (χ1) is 7.75. The minimum atomic E-state index is 0.0554. The van der Waals surface area contributed by atoms with E-state index in [1.165, 1.54) is 0 Å². The molecule has 1 fully saturated rings. The van der Waals surface area contributed by atoms with Gasteiger partial charge in [-0.15, -0.1) is 0 Å². The summed E-state index contributed by atoms with van der Waals surface area (Å²) in [6, 6.07) is 3.70. The summed E-state index contributed by atoms with van der Waals surface area (Å²) in [7, 11) is 0. The average Bonchev–Trinajstić information content (AvgIpc) is 2.81. The first kappa shape index (κ1) is 10.9. The van der Waals surface area contributed by atoms with Gasteiger partial charge in [0.15, 0.2) is 6.61 Å². The van der Waals surface area contributed by atoms with Crippen molar-refractivity contribution in [3.05, 3.63) is 23.9 Å². The van der Waals surface area contributed by atoms with Crippen LogP contribution in [0.1, 0.15) is 18.4 Å². The molecule has 1 aromatic heterocycles. The Labute approximate surface area is 95.2 Å². The molecule has 2 heterocycles. The van der Waals surface area contributed by atoms with E-state index in [4.69, 9.17) is 4.74 Å². The molecule has 1 aliphatic rings. The summed E-state index contributed by atoms with van der Waals surface area (Å²) >= 11 is 0. The summed E-state index contributed by atoms with van der Waals surface area (Å²) in [6.07, 6.45) is 3.94. The Balaban J connectivity index is 1.82. The highest BCUT2D eigenvalue weighted by molar-refractivity contribution is 5.77. The van der Waals surface area contributed by atoms with Crippen LogP contribution in [0.4, 0.5) is 0 Å². The number of aromatic nitrogens is 1. The summed E-state index contributed by atoms with van der Waals surface area (Å²) in [5.74, 6) is 0.568. The predicted molar refractivity (Wildman–Crippen MR) is 60.3 cm³/mol. The molecule has 4 heteroatoms. The zero-order valence-corrected chi connectivity index (χ0v) is 9.48. The van der Waals surface area contributed by atoms with Gasteiger partial charge in [0.2, 0.25) is 5.88 Å². The maximum atomic E-state index is 11.7. The van der Waals surface area contributed by atoms with Crippen molar-refractivity contribution in [3.63, 3.8) is 0 Å². The van der Waals surface area contributed by atoms with Gasteiger partial charge < -0.3 is 9.64 Å². The van der Waals surface area contributed by atoms with Crippen LogP contribution in [0.15, 0.2) is 18.3 Å². The summed E-state index contributed by atoms with van der Waals surface area (Å²) < 4.78 is 5.33. The highest BCUT2D eigenvalue weighted by Crippen LogP contribution is 2.09. The number of likely N-dealkylation sites (tertiary alicyclic amines) is 1. The highest BCUT2D eigenvalue weighted by Gasteiger charge is 2.18. The maximum absolute atomic E-state index is 11.7. The first-order valence-corrected chi connectivity index (χ1v) is 5.59. The molecule has 0 N–H and O–H groups in total. The van der Waals surface area contributed by atoms with Crippen LogP contribution in [-0.4, -0.2) is 35.5 Å². The van der Waals surface area contributed by atoms with Crippen LogP contribution < -0.4 is 4.74 Å². The Hall–Kier alpha value is -1.58. The van der Waals surface area contributed by atoms with Gasteiger partial charge >= 0.3 is 0 Å². The lowest BCUT2D eigenvalue weighted by molar-refractivity contribution is -0.132. The zero-order valence-electron chi connectivity index (χ0n) is 9.48. The molecular formula is C12H16N2O2. The lowest BCUT2D eigenvalue weighted by Crippen LogP contribution is -2.32.